The van der Waals surface area contributed by atoms with Crippen LogP contribution in [-0.4, -0.2) is 5.91 Å². The minimum Gasteiger partial charge on any atom is -0.322 e. The second kappa shape index (κ2) is 7.66. The smallest absolute Gasteiger partial charge is 0.259 e. The van der Waals surface area contributed by atoms with Gasteiger partial charge in [-0.1, -0.05) is 46.3 Å². The molecule has 1 amide bonds. The Morgan fingerprint density at radius 3 is 2.21 bits per heavy atom. The van der Waals surface area contributed by atoms with Crippen molar-refractivity contribution < 1.29 is 14.6 Å². The monoisotopic (exact) mass is 383 g/mol. The number of rotatable bonds is 5. The SMILES string of the molecule is O=C(Nc1ccccc1)c1ccccc1OOc1ccc(Br)cc1. The molecule has 0 aliphatic rings. The molecule has 5 heteroatoms. The first-order valence-electron chi connectivity index (χ1n) is 7.28. The number of para-hydroxylation sites is 2. The molecule has 0 aliphatic carbocycles. The average Bonchev–Trinajstić information content (AvgIpc) is 2.62. The zero-order valence-corrected chi connectivity index (χ0v) is 14.2. The van der Waals surface area contributed by atoms with Gasteiger partial charge in [-0.2, -0.15) is 0 Å². The Bertz CT molecular complexity index is 820. The second-order valence-corrected chi connectivity index (χ2v) is 5.85. The van der Waals surface area contributed by atoms with E-state index >= 15 is 0 Å². The van der Waals surface area contributed by atoms with Gasteiger partial charge < -0.3 is 5.32 Å². The Morgan fingerprint density at radius 2 is 1.46 bits per heavy atom. The van der Waals surface area contributed by atoms with Crippen molar-refractivity contribution in [2.75, 3.05) is 5.32 Å². The van der Waals surface area contributed by atoms with Crippen LogP contribution in [0.25, 0.3) is 0 Å². The zero-order chi connectivity index (χ0) is 16.8. The van der Waals surface area contributed by atoms with Crippen LogP contribution in [0, 0.1) is 0 Å². The molecular formula is C19H14BrNO3. The normalized spacial score (nSPS) is 10.0. The molecule has 0 bridgehead atoms. The van der Waals surface area contributed by atoms with Gasteiger partial charge in [-0.25, -0.2) is 0 Å². The van der Waals surface area contributed by atoms with Gasteiger partial charge in [-0.05, 0) is 48.5 Å². The fourth-order valence-electron chi connectivity index (χ4n) is 2.03. The first-order valence-corrected chi connectivity index (χ1v) is 8.07. The van der Waals surface area contributed by atoms with Crippen molar-refractivity contribution in [3.8, 4) is 11.5 Å². The predicted octanol–water partition coefficient (Wildman–Crippen LogP) is 5.07. The molecule has 0 heterocycles. The number of carbonyl (C=O) groups excluding carboxylic acids is 1. The third-order valence-corrected chi connectivity index (χ3v) is 3.73. The van der Waals surface area contributed by atoms with Crippen LogP contribution in [0.15, 0.2) is 83.3 Å². The van der Waals surface area contributed by atoms with Gasteiger partial charge in [0, 0.05) is 10.2 Å². The van der Waals surface area contributed by atoms with Crippen LogP contribution < -0.4 is 15.1 Å². The number of anilines is 1. The average molecular weight is 384 g/mol. The lowest BCUT2D eigenvalue weighted by molar-refractivity contribution is -0.100. The minimum atomic E-state index is -0.267. The van der Waals surface area contributed by atoms with E-state index < -0.39 is 0 Å². The molecule has 0 aromatic heterocycles. The fraction of sp³-hybridized carbons (Fsp3) is 0. The third kappa shape index (κ3) is 4.14. The molecule has 0 saturated heterocycles. The van der Waals surface area contributed by atoms with Crippen molar-refractivity contribution in [3.63, 3.8) is 0 Å². The van der Waals surface area contributed by atoms with Crippen molar-refractivity contribution in [3.05, 3.63) is 88.9 Å². The van der Waals surface area contributed by atoms with Gasteiger partial charge in [-0.15, -0.1) is 0 Å². The van der Waals surface area contributed by atoms with Gasteiger partial charge in [0.2, 0.25) is 0 Å². The van der Waals surface area contributed by atoms with Crippen LogP contribution in [0.3, 0.4) is 0 Å². The van der Waals surface area contributed by atoms with Crippen LogP contribution >= 0.6 is 15.9 Å². The fourth-order valence-corrected chi connectivity index (χ4v) is 2.29. The van der Waals surface area contributed by atoms with Crippen molar-refractivity contribution in [2.24, 2.45) is 0 Å². The third-order valence-electron chi connectivity index (χ3n) is 3.20. The van der Waals surface area contributed by atoms with Crippen molar-refractivity contribution in [1.82, 2.24) is 0 Å². The zero-order valence-electron chi connectivity index (χ0n) is 12.6. The van der Waals surface area contributed by atoms with Gasteiger partial charge in [0.05, 0.1) is 5.56 Å². The van der Waals surface area contributed by atoms with Crippen molar-refractivity contribution >= 4 is 27.5 Å². The predicted molar refractivity (Wildman–Crippen MR) is 96.2 cm³/mol. The summed E-state index contributed by atoms with van der Waals surface area (Å²) in [5, 5.41) is 2.82. The topological polar surface area (TPSA) is 47.6 Å². The molecule has 0 unspecified atom stereocenters. The summed E-state index contributed by atoms with van der Waals surface area (Å²) in [5.41, 5.74) is 1.10. The van der Waals surface area contributed by atoms with Crippen molar-refractivity contribution in [1.29, 1.82) is 0 Å². The molecule has 3 rings (SSSR count). The Balaban J connectivity index is 1.72. The largest absolute Gasteiger partial charge is 0.322 e. The van der Waals surface area contributed by atoms with E-state index in [1.165, 1.54) is 0 Å². The van der Waals surface area contributed by atoms with Crippen LogP contribution in [0.4, 0.5) is 5.69 Å². The highest BCUT2D eigenvalue weighted by Crippen LogP contribution is 2.22. The summed E-state index contributed by atoms with van der Waals surface area (Å²) in [5.74, 6) is 0.613. The summed E-state index contributed by atoms with van der Waals surface area (Å²) in [4.78, 5) is 23.1. The number of hydrogen-bond donors (Lipinski definition) is 1. The van der Waals surface area contributed by atoms with Crippen LogP contribution in [0.1, 0.15) is 10.4 Å². The summed E-state index contributed by atoms with van der Waals surface area (Å²) in [6, 6.07) is 23.3. The molecule has 3 aromatic rings. The maximum atomic E-state index is 12.4. The number of carbonyl (C=O) groups is 1. The van der Waals surface area contributed by atoms with E-state index in [4.69, 9.17) is 9.78 Å². The van der Waals surface area contributed by atoms with E-state index in [0.717, 1.165) is 4.47 Å². The lowest BCUT2D eigenvalue weighted by Crippen LogP contribution is -2.14. The second-order valence-electron chi connectivity index (χ2n) is 4.94. The summed E-state index contributed by atoms with van der Waals surface area (Å²) in [7, 11) is 0. The molecule has 3 aromatic carbocycles. The summed E-state index contributed by atoms with van der Waals surface area (Å²) in [6.45, 7) is 0. The number of halogens is 1. The molecule has 0 aliphatic heterocycles. The maximum absolute atomic E-state index is 12.4. The van der Waals surface area contributed by atoms with E-state index in [-0.39, 0.29) is 5.91 Å². The number of hydrogen-bond acceptors (Lipinski definition) is 3. The molecule has 4 nitrogen and oxygen atoms in total. The van der Waals surface area contributed by atoms with Gasteiger partial charge in [-0.3, -0.25) is 14.6 Å². The Kier molecular flexibility index (Phi) is 5.13. The molecule has 0 fully saturated rings. The summed E-state index contributed by atoms with van der Waals surface area (Å²) in [6.07, 6.45) is 0. The first-order chi connectivity index (χ1) is 11.7. The molecule has 1 N–H and O–H groups in total. The van der Waals surface area contributed by atoms with Gasteiger partial charge in [0.25, 0.3) is 5.91 Å². The summed E-state index contributed by atoms with van der Waals surface area (Å²) >= 11 is 3.35. The maximum Gasteiger partial charge on any atom is 0.259 e. The van der Waals surface area contributed by atoms with Gasteiger partial charge >= 0.3 is 0 Å². The van der Waals surface area contributed by atoms with Gasteiger partial charge in [0.1, 0.15) is 0 Å². The molecule has 120 valence electrons. The van der Waals surface area contributed by atoms with Gasteiger partial charge in [0.15, 0.2) is 11.5 Å². The van der Waals surface area contributed by atoms with E-state index in [9.17, 15) is 4.79 Å². The highest BCUT2D eigenvalue weighted by Gasteiger charge is 2.13. The van der Waals surface area contributed by atoms with E-state index in [2.05, 4.69) is 21.2 Å². The van der Waals surface area contributed by atoms with Crippen LogP contribution in [0.2, 0.25) is 0 Å². The number of nitrogens with one attached hydrogen (secondary N) is 1. The lowest BCUT2D eigenvalue weighted by atomic mass is 10.2. The Hall–Kier alpha value is -2.79. The summed E-state index contributed by atoms with van der Waals surface area (Å²) < 4.78 is 0.942. The molecule has 0 atom stereocenters. The van der Waals surface area contributed by atoms with E-state index in [1.807, 2.05) is 42.5 Å². The minimum absolute atomic E-state index is 0.267. The Morgan fingerprint density at radius 1 is 0.792 bits per heavy atom. The first kappa shape index (κ1) is 16.1. The highest BCUT2D eigenvalue weighted by molar-refractivity contribution is 9.10. The highest BCUT2D eigenvalue weighted by atomic mass is 79.9. The van der Waals surface area contributed by atoms with E-state index in [1.54, 1.807) is 36.4 Å². The number of benzene rings is 3. The molecule has 0 saturated carbocycles. The quantitative estimate of drug-likeness (QED) is 0.493. The Labute approximate surface area is 148 Å². The molecular weight excluding hydrogens is 370 g/mol. The molecule has 0 radical (unpaired) electrons. The lowest BCUT2D eigenvalue weighted by Gasteiger charge is -2.10. The van der Waals surface area contributed by atoms with E-state index in [0.29, 0.717) is 22.7 Å². The van der Waals surface area contributed by atoms with Crippen molar-refractivity contribution in [2.45, 2.75) is 0 Å². The molecule has 24 heavy (non-hydrogen) atoms. The molecule has 0 spiro atoms. The number of amides is 1. The van der Waals surface area contributed by atoms with Crippen LogP contribution in [-0.2, 0) is 0 Å². The standard InChI is InChI=1S/C19H14BrNO3/c20-14-10-12-16(13-11-14)23-24-18-9-5-4-8-17(18)19(22)21-15-6-2-1-3-7-15/h1-13H,(H,21,22). The van der Waals surface area contributed by atoms with Crippen LogP contribution in [0.5, 0.6) is 11.5 Å².